The standard InChI is InChI=1S/C10H7F2NS/c11-7-1-2-9(12)8(4-7)6-3-10(13)14-5-6/h1-5H,13H2. The summed E-state index contributed by atoms with van der Waals surface area (Å²) in [4.78, 5) is 0. The molecule has 0 fully saturated rings. The molecule has 72 valence electrons. The van der Waals surface area contributed by atoms with Gasteiger partial charge in [0, 0.05) is 10.9 Å². The van der Waals surface area contributed by atoms with E-state index in [1.54, 1.807) is 11.4 Å². The number of halogens is 2. The number of nitrogen functional groups attached to an aromatic ring is 1. The number of thiophene rings is 1. The molecule has 0 amide bonds. The van der Waals surface area contributed by atoms with E-state index in [1.165, 1.54) is 11.3 Å². The molecule has 1 aromatic heterocycles. The van der Waals surface area contributed by atoms with Crippen molar-refractivity contribution < 1.29 is 8.78 Å². The fourth-order valence-corrected chi connectivity index (χ4v) is 1.87. The van der Waals surface area contributed by atoms with Gasteiger partial charge in [-0.1, -0.05) is 0 Å². The van der Waals surface area contributed by atoms with Crippen LogP contribution in [-0.4, -0.2) is 0 Å². The average molecular weight is 211 g/mol. The second-order valence-electron chi connectivity index (χ2n) is 2.86. The van der Waals surface area contributed by atoms with Crippen LogP contribution in [0.15, 0.2) is 29.6 Å². The van der Waals surface area contributed by atoms with Crippen LogP contribution in [-0.2, 0) is 0 Å². The molecule has 1 nitrogen and oxygen atoms in total. The minimum absolute atomic E-state index is 0.248. The maximum absolute atomic E-state index is 13.3. The highest BCUT2D eigenvalue weighted by Crippen LogP contribution is 2.29. The smallest absolute Gasteiger partial charge is 0.131 e. The molecule has 0 radical (unpaired) electrons. The van der Waals surface area contributed by atoms with E-state index in [2.05, 4.69) is 0 Å². The van der Waals surface area contributed by atoms with Gasteiger partial charge in [0.2, 0.25) is 0 Å². The van der Waals surface area contributed by atoms with E-state index in [4.69, 9.17) is 5.73 Å². The van der Waals surface area contributed by atoms with E-state index in [9.17, 15) is 8.78 Å². The molecular formula is C10H7F2NS. The lowest BCUT2D eigenvalue weighted by atomic mass is 10.1. The predicted molar refractivity (Wildman–Crippen MR) is 54.1 cm³/mol. The van der Waals surface area contributed by atoms with E-state index in [0.29, 0.717) is 10.6 Å². The van der Waals surface area contributed by atoms with Gasteiger partial charge < -0.3 is 5.73 Å². The molecule has 0 atom stereocenters. The Morgan fingerprint density at radius 3 is 2.57 bits per heavy atom. The van der Waals surface area contributed by atoms with E-state index < -0.39 is 11.6 Å². The molecule has 2 rings (SSSR count). The van der Waals surface area contributed by atoms with Gasteiger partial charge >= 0.3 is 0 Å². The fourth-order valence-electron chi connectivity index (χ4n) is 1.21. The zero-order valence-electron chi connectivity index (χ0n) is 7.13. The Labute approximate surface area is 83.8 Å². The number of rotatable bonds is 1. The molecule has 4 heteroatoms. The minimum Gasteiger partial charge on any atom is -0.391 e. The van der Waals surface area contributed by atoms with Crippen molar-refractivity contribution in [2.24, 2.45) is 0 Å². The number of anilines is 1. The van der Waals surface area contributed by atoms with Crippen LogP contribution in [0.2, 0.25) is 0 Å². The van der Waals surface area contributed by atoms with Crippen molar-refractivity contribution in [2.75, 3.05) is 5.73 Å². The summed E-state index contributed by atoms with van der Waals surface area (Å²) in [5.41, 5.74) is 6.37. The van der Waals surface area contributed by atoms with Crippen LogP contribution in [0.1, 0.15) is 0 Å². The van der Waals surface area contributed by atoms with Crippen molar-refractivity contribution in [2.45, 2.75) is 0 Å². The third-order valence-corrected chi connectivity index (χ3v) is 2.62. The average Bonchev–Trinajstić information content (AvgIpc) is 2.56. The normalized spacial score (nSPS) is 10.4. The zero-order valence-corrected chi connectivity index (χ0v) is 7.94. The quantitative estimate of drug-likeness (QED) is 0.769. The summed E-state index contributed by atoms with van der Waals surface area (Å²) in [7, 11) is 0. The number of benzene rings is 1. The van der Waals surface area contributed by atoms with Gasteiger partial charge in [-0.25, -0.2) is 8.78 Å². The van der Waals surface area contributed by atoms with Crippen molar-refractivity contribution >= 4 is 16.3 Å². The van der Waals surface area contributed by atoms with Gasteiger partial charge in [0.05, 0.1) is 5.00 Å². The number of nitrogens with two attached hydrogens (primary N) is 1. The number of hydrogen-bond donors (Lipinski definition) is 1. The Balaban J connectivity index is 2.55. The summed E-state index contributed by atoms with van der Waals surface area (Å²) in [5, 5.41) is 2.29. The second kappa shape index (κ2) is 3.38. The first-order valence-electron chi connectivity index (χ1n) is 3.96. The summed E-state index contributed by atoms with van der Waals surface area (Å²) < 4.78 is 26.1. The molecule has 0 spiro atoms. The van der Waals surface area contributed by atoms with E-state index in [-0.39, 0.29) is 5.56 Å². The van der Waals surface area contributed by atoms with Gasteiger partial charge in [0.1, 0.15) is 11.6 Å². The van der Waals surface area contributed by atoms with Gasteiger partial charge in [-0.15, -0.1) is 11.3 Å². The van der Waals surface area contributed by atoms with E-state index in [0.717, 1.165) is 18.2 Å². The van der Waals surface area contributed by atoms with Crippen LogP contribution >= 0.6 is 11.3 Å². The molecule has 0 saturated carbocycles. The van der Waals surface area contributed by atoms with Crippen LogP contribution in [0.5, 0.6) is 0 Å². The predicted octanol–water partition coefficient (Wildman–Crippen LogP) is 3.28. The summed E-state index contributed by atoms with van der Waals surface area (Å²) in [6.07, 6.45) is 0. The van der Waals surface area contributed by atoms with Gasteiger partial charge in [-0.3, -0.25) is 0 Å². The third kappa shape index (κ3) is 1.61. The van der Waals surface area contributed by atoms with Crippen LogP contribution in [0.25, 0.3) is 11.1 Å². The van der Waals surface area contributed by atoms with Crippen LogP contribution in [0.4, 0.5) is 13.8 Å². The molecule has 0 aliphatic rings. The second-order valence-corrected chi connectivity index (χ2v) is 3.80. The molecule has 0 aliphatic carbocycles. The first-order valence-corrected chi connectivity index (χ1v) is 4.84. The molecule has 2 aromatic rings. The maximum atomic E-state index is 13.3. The molecule has 14 heavy (non-hydrogen) atoms. The monoisotopic (exact) mass is 211 g/mol. The summed E-state index contributed by atoms with van der Waals surface area (Å²) >= 11 is 1.30. The number of hydrogen-bond acceptors (Lipinski definition) is 2. The Bertz CT molecular complexity index is 465. The summed E-state index contributed by atoms with van der Waals surface area (Å²) in [6, 6.07) is 4.99. The molecule has 1 heterocycles. The first kappa shape index (κ1) is 9.15. The fraction of sp³-hybridized carbons (Fsp3) is 0. The third-order valence-electron chi connectivity index (χ3n) is 1.86. The Kier molecular flexibility index (Phi) is 2.21. The summed E-state index contributed by atoms with van der Waals surface area (Å²) in [5.74, 6) is -0.893. The zero-order chi connectivity index (χ0) is 10.1. The lowest BCUT2D eigenvalue weighted by Gasteiger charge is -1.99. The molecule has 1 aromatic carbocycles. The molecule has 0 saturated heterocycles. The first-order chi connectivity index (χ1) is 6.66. The van der Waals surface area contributed by atoms with Crippen molar-refractivity contribution in [3.8, 4) is 11.1 Å². The Morgan fingerprint density at radius 2 is 1.93 bits per heavy atom. The van der Waals surface area contributed by atoms with Crippen molar-refractivity contribution in [3.05, 3.63) is 41.3 Å². The van der Waals surface area contributed by atoms with Gasteiger partial charge in [-0.2, -0.15) is 0 Å². The van der Waals surface area contributed by atoms with Crippen LogP contribution < -0.4 is 5.73 Å². The molecule has 0 bridgehead atoms. The van der Waals surface area contributed by atoms with E-state index in [1.807, 2.05) is 0 Å². The SMILES string of the molecule is Nc1cc(-c2cc(F)ccc2F)cs1. The highest BCUT2D eigenvalue weighted by molar-refractivity contribution is 7.14. The summed E-state index contributed by atoms with van der Waals surface area (Å²) in [6.45, 7) is 0. The van der Waals surface area contributed by atoms with Gasteiger partial charge in [0.25, 0.3) is 0 Å². The minimum atomic E-state index is -0.453. The van der Waals surface area contributed by atoms with Gasteiger partial charge in [0.15, 0.2) is 0 Å². The van der Waals surface area contributed by atoms with Crippen LogP contribution in [0.3, 0.4) is 0 Å². The van der Waals surface area contributed by atoms with Gasteiger partial charge in [-0.05, 0) is 29.8 Å². The lowest BCUT2D eigenvalue weighted by Crippen LogP contribution is -1.84. The largest absolute Gasteiger partial charge is 0.391 e. The van der Waals surface area contributed by atoms with Crippen molar-refractivity contribution in [1.82, 2.24) is 0 Å². The van der Waals surface area contributed by atoms with Crippen molar-refractivity contribution in [3.63, 3.8) is 0 Å². The Hall–Kier alpha value is -1.42. The van der Waals surface area contributed by atoms with Crippen LogP contribution in [0, 0.1) is 11.6 Å². The molecule has 2 N–H and O–H groups in total. The Morgan fingerprint density at radius 1 is 1.14 bits per heavy atom. The van der Waals surface area contributed by atoms with E-state index >= 15 is 0 Å². The topological polar surface area (TPSA) is 26.0 Å². The molecule has 0 unspecified atom stereocenters. The lowest BCUT2D eigenvalue weighted by molar-refractivity contribution is 0.603. The molecule has 0 aliphatic heterocycles. The maximum Gasteiger partial charge on any atom is 0.131 e. The highest BCUT2D eigenvalue weighted by atomic mass is 32.1. The molecular weight excluding hydrogens is 204 g/mol. The van der Waals surface area contributed by atoms with Crippen molar-refractivity contribution in [1.29, 1.82) is 0 Å². The highest BCUT2D eigenvalue weighted by Gasteiger charge is 2.07.